The van der Waals surface area contributed by atoms with E-state index in [-0.39, 0.29) is 12.5 Å². The van der Waals surface area contributed by atoms with Crippen LogP contribution in [0.15, 0.2) is 36.8 Å². The summed E-state index contributed by atoms with van der Waals surface area (Å²) in [7, 11) is 0. The number of H-pyrrole nitrogens is 1. The number of nitrogens with one attached hydrogen (secondary N) is 2. The smallest absolute Gasteiger partial charge is 0.265 e. The first-order valence-electron chi connectivity index (χ1n) is 7.73. The van der Waals surface area contributed by atoms with E-state index in [9.17, 15) is 4.79 Å². The van der Waals surface area contributed by atoms with Gasteiger partial charge in [-0.3, -0.25) is 9.89 Å². The molecule has 1 aromatic carbocycles. The van der Waals surface area contributed by atoms with Gasteiger partial charge in [0.2, 0.25) is 0 Å². The summed E-state index contributed by atoms with van der Waals surface area (Å²) in [5.74, 6) is 1.47. The Labute approximate surface area is 137 Å². The molecular formula is C16H16N6O2. The Morgan fingerprint density at radius 3 is 3.17 bits per heavy atom. The van der Waals surface area contributed by atoms with Crippen LogP contribution in [-0.4, -0.2) is 45.8 Å². The highest BCUT2D eigenvalue weighted by atomic mass is 16.5. The van der Waals surface area contributed by atoms with Gasteiger partial charge in [-0.25, -0.2) is 9.97 Å². The zero-order valence-electron chi connectivity index (χ0n) is 12.9. The van der Waals surface area contributed by atoms with E-state index < -0.39 is 0 Å². The SMILES string of the molecule is O=C1COc2ccccc2N1CCCNc1ncnc2[nH]ncc12. The summed E-state index contributed by atoms with van der Waals surface area (Å²) in [6, 6.07) is 7.59. The number of amides is 1. The molecule has 0 bridgehead atoms. The van der Waals surface area contributed by atoms with Crippen LogP contribution in [0.25, 0.3) is 11.0 Å². The summed E-state index contributed by atoms with van der Waals surface area (Å²) in [6.45, 7) is 1.39. The van der Waals surface area contributed by atoms with Crippen LogP contribution in [0.4, 0.5) is 11.5 Å². The van der Waals surface area contributed by atoms with Gasteiger partial charge in [0.05, 0.1) is 17.3 Å². The van der Waals surface area contributed by atoms with Crippen molar-refractivity contribution in [3.63, 3.8) is 0 Å². The highest BCUT2D eigenvalue weighted by molar-refractivity contribution is 5.97. The number of fused-ring (bicyclic) bond motifs is 2. The van der Waals surface area contributed by atoms with Crippen LogP contribution in [0.5, 0.6) is 5.75 Å². The largest absolute Gasteiger partial charge is 0.482 e. The van der Waals surface area contributed by atoms with Gasteiger partial charge in [-0.15, -0.1) is 0 Å². The Kier molecular flexibility index (Phi) is 3.70. The highest BCUT2D eigenvalue weighted by Crippen LogP contribution is 2.31. The van der Waals surface area contributed by atoms with Crippen molar-refractivity contribution in [3.05, 3.63) is 36.8 Å². The van der Waals surface area contributed by atoms with Crippen LogP contribution >= 0.6 is 0 Å². The topological polar surface area (TPSA) is 96.0 Å². The van der Waals surface area contributed by atoms with Crippen molar-refractivity contribution >= 4 is 28.4 Å². The van der Waals surface area contributed by atoms with Gasteiger partial charge in [-0.1, -0.05) is 12.1 Å². The summed E-state index contributed by atoms with van der Waals surface area (Å²) >= 11 is 0. The van der Waals surface area contributed by atoms with E-state index in [4.69, 9.17) is 4.74 Å². The molecule has 8 nitrogen and oxygen atoms in total. The van der Waals surface area contributed by atoms with Crippen molar-refractivity contribution in [1.29, 1.82) is 0 Å². The normalized spacial score (nSPS) is 13.7. The minimum Gasteiger partial charge on any atom is -0.482 e. The number of para-hydroxylation sites is 2. The van der Waals surface area contributed by atoms with Crippen molar-refractivity contribution in [3.8, 4) is 5.75 Å². The molecule has 0 aliphatic carbocycles. The van der Waals surface area contributed by atoms with E-state index in [1.165, 1.54) is 6.33 Å². The monoisotopic (exact) mass is 324 g/mol. The van der Waals surface area contributed by atoms with Crippen molar-refractivity contribution in [2.24, 2.45) is 0 Å². The van der Waals surface area contributed by atoms with E-state index in [0.717, 1.165) is 29.1 Å². The number of ether oxygens (including phenoxy) is 1. The standard InChI is InChI=1S/C16H16N6O2/c23-14-9-24-13-5-2-1-4-12(13)22(14)7-3-6-17-15-11-8-20-21-16(11)19-10-18-15/h1-2,4-5,8,10H,3,6-7,9H2,(H2,17,18,19,20,21). The number of rotatable bonds is 5. The third kappa shape index (κ3) is 2.62. The first-order chi connectivity index (χ1) is 11.8. The number of anilines is 2. The predicted molar refractivity (Wildman–Crippen MR) is 89.1 cm³/mol. The molecule has 2 N–H and O–H groups in total. The number of carbonyl (C=O) groups is 1. The number of benzene rings is 1. The molecule has 0 unspecified atom stereocenters. The number of hydrogen-bond acceptors (Lipinski definition) is 6. The third-order valence-corrected chi connectivity index (χ3v) is 3.91. The summed E-state index contributed by atoms with van der Waals surface area (Å²) < 4.78 is 5.45. The van der Waals surface area contributed by atoms with Crippen LogP contribution in [0.1, 0.15) is 6.42 Å². The average molecular weight is 324 g/mol. The quantitative estimate of drug-likeness (QED) is 0.692. The van der Waals surface area contributed by atoms with Crippen molar-refractivity contribution < 1.29 is 9.53 Å². The Morgan fingerprint density at radius 2 is 2.21 bits per heavy atom. The zero-order chi connectivity index (χ0) is 16.4. The lowest BCUT2D eigenvalue weighted by atomic mass is 10.2. The number of hydrogen-bond donors (Lipinski definition) is 2. The third-order valence-electron chi connectivity index (χ3n) is 3.91. The fraction of sp³-hybridized carbons (Fsp3) is 0.250. The predicted octanol–water partition coefficient (Wildman–Crippen LogP) is 1.58. The molecule has 3 aromatic rings. The van der Waals surface area contributed by atoms with Crippen molar-refractivity contribution in [1.82, 2.24) is 20.2 Å². The lowest BCUT2D eigenvalue weighted by Crippen LogP contribution is -2.39. The second kappa shape index (κ2) is 6.15. The number of carbonyl (C=O) groups excluding carboxylic acids is 1. The van der Waals surface area contributed by atoms with E-state index in [0.29, 0.717) is 18.7 Å². The fourth-order valence-corrected chi connectivity index (χ4v) is 2.75. The molecule has 24 heavy (non-hydrogen) atoms. The molecule has 8 heteroatoms. The molecule has 1 amide bonds. The number of aromatic amines is 1. The van der Waals surface area contributed by atoms with E-state index in [1.54, 1.807) is 11.1 Å². The van der Waals surface area contributed by atoms with Gasteiger partial charge in [-0.05, 0) is 18.6 Å². The maximum atomic E-state index is 12.1. The molecule has 0 atom stereocenters. The first kappa shape index (κ1) is 14.4. The van der Waals surface area contributed by atoms with Crippen molar-refractivity contribution in [2.75, 3.05) is 29.9 Å². The molecule has 2 aromatic heterocycles. The molecule has 122 valence electrons. The lowest BCUT2D eigenvalue weighted by Gasteiger charge is -2.29. The molecule has 4 rings (SSSR count). The Morgan fingerprint density at radius 1 is 1.29 bits per heavy atom. The van der Waals surface area contributed by atoms with Crippen LogP contribution in [-0.2, 0) is 4.79 Å². The van der Waals surface area contributed by atoms with E-state index in [1.807, 2.05) is 24.3 Å². The fourth-order valence-electron chi connectivity index (χ4n) is 2.75. The summed E-state index contributed by atoms with van der Waals surface area (Å²) in [5, 5.41) is 10.9. The molecular weight excluding hydrogens is 308 g/mol. The molecule has 0 fully saturated rings. The maximum Gasteiger partial charge on any atom is 0.265 e. The summed E-state index contributed by atoms with van der Waals surface area (Å²) in [6.07, 6.45) is 3.97. The first-order valence-corrected chi connectivity index (χ1v) is 7.73. The van der Waals surface area contributed by atoms with Gasteiger partial charge in [0.15, 0.2) is 12.3 Å². The number of aromatic nitrogens is 4. The minimum atomic E-state index is -0.0204. The van der Waals surface area contributed by atoms with Crippen LogP contribution in [0.3, 0.4) is 0 Å². The molecule has 0 saturated heterocycles. The summed E-state index contributed by atoms with van der Waals surface area (Å²) in [5.41, 5.74) is 1.53. The minimum absolute atomic E-state index is 0.0204. The van der Waals surface area contributed by atoms with E-state index in [2.05, 4.69) is 25.5 Å². The average Bonchev–Trinajstić information content (AvgIpc) is 3.09. The van der Waals surface area contributed by atoms with Gasteiger partial charge < -0.3 is 15.0 Å². The second-order valence-electron chi connectivity index (χ2n) is 5.44. The highest BCUT2D eigenvalue weighted by Gasteiger charge is 2.24. The maximum absolute atomic E-state index is 12.1. The van der Waals surface area contributed by atoms with Gasteiger partial charge in [0.1, 0.15) is 17.9 Å². The van der Waals surface area contributed by atoms with Gasteiger partial charge in [0.25, 0.3) is 5.91 Å². The Balaban J connectivity index is 1.39. The molecule has 0 saturated carbocycles. The Hall–Kier alpha value is -3.16. The molecule has 1 aliphatic rings. The molecule has 0 radical (unpaired) electrons. The zero-order valence-corrected chi connectivity index (χ0v) is 12.9. The lowest BCUT2D eigenvalue weighted by molar-refractivity contribution is -0.121. The Bertz CT molecular complexity index is 878. The molecule has 0 spiro atoms. The molecule has 3 heterocycles. The van der Waals surface area contributed by atoms with Crippen LogP contribution < -0.4 is 15.0 Å². The van der Waals surface area contributed by atoms with Gasteiger partial charge in [0, 0.05) is 13.1 Å². The van der Waals surface area contributed by atoms with Gasteiger partial charge in [-0.2, -0.15) is 5.10 Å². The van der Waals surface area contributed by atoms with Crippen LogP contribution in [0.2, 0.25) is 0 Å². The second-order valence-corrected chi connectivity index (χ2v) is 5.44. The number of nitrogens with zero attached hydrogens (tertiary/aromatic N) is 4. The molecule has 1 aliphatic heterocycles. The van der Waals surface area contributed by atoms with Crippen LogP contribution in [0, 0.1) is 0 Å². The summed E-state index contributed by atoms with van der Waals surface area (Å²) in [4.78, 5) is 22.2. The van der Waals surface area contributed by atoms with Gasteiger partial charge >= 0.3 is 0 Å². The van der Waals surface area contributed by atoms with E-state index >= 15 is 0 Å². The van der Waals surface area contributed by atoms with Crippen molar-refractivity contribution in [2.45, 2.75) is 6.42 Å².